The summed E-state index contributed by atoms with van der Waals surface area (Å²) < 4.78 is 16.8. The first-order valence-electron chi connectivity index (χ1n) is 5.59. The predicted octanol–water partition coefficient (Wildman–Crippen LogP) is 1.39. The quantitative estimate of drug-likeness (QED) is 0.695. The van der Waals surface area contributed by atoms with E-state index in [-0.39, 0.29) is 17.5 Å². The van der Waals surface area contributed by atoms with Crippen LogP contribution in [0, 0.1) is 11.8 Å². The molecule has 4 heteroatoms. The van der Waals surface area contributed by atoms with Crippen molar-refractivity contribution >= 4 is 16.6 Å². The number of hydrogen-bond donors (Lipinski definition) is 0. The first kappa shape index (κ1) is 12.8. The maximum Gasteiger partial charge on any atom is 0.150 e. The third kappa shape index (κ3) is 4.43. The van der Waals surface area contributed by atoms with Crippen molar-refractivity contribution in [2.24, 2.45) is 11.8 Å². The summed E-state index contributed by atoms with van der Waals surface area (Å²) in [7, 11) is -0.981. The highest BCUT2D eigenvalue weighted by atomic mass is 32.2. The van der Waals surface area contributed by atoms with E-state index in [1.54, 1.807) is 0 Å². The van der Waals surface area contributed by atoms with E-state index in [1.165, 1.54) is 0 Å². The van der Waals surface area contributed by atoms with Crippen molar-refractivity contribution in [2.75, 3.05) is 24.7 Å². The standard InChI is InChI=1S/C11H20O3S/c1-3-9(2)7-15(13)8-11(12)10-4-5-14-6-10/h9-10H,3-8H2,1-2H3. The van der Waals surface area contributed by atoms with Crippen LogP contribution >= 0.6 is 0 Å². The van der Waals surface area contributed by atoms with Crippen molar-refractivity contribution in [3.63, 3.8) is 0 Å². The van der Waals surface area contributed by atoms with Crippen molar-refractivity contribution in [1.29, 1.82) is 0 Å². The first-order valence-corrected chi connectivity index (χ1v) is 7.07. The maximum absolute atomic E-state index is 11.7. The molecule has 15 heavy (non-hydrogen) atoms. The van der Waals surface area contributed by atoms with Gasteiger partial charge in [0, 0.05) is 29.1 Å². The fourth-order valence-corrected chi connectivity index (χ4v) is 3.10. The summed E-state index contributed by atoms with van der Waals surface area (Å²) in [6.45, 7) is 5.35. The minimum atomic E-state index is -0.981. The topological polar surface area (TPSA) is 43.4 Å². The Morgan fingerprint density at radius 2 is 2.33 bits per heavy atom. The number of ether oxygens (including phenoxy) is 1. The number of carbonyl (C=O) groups excluding carboxylic acids is 1. The van der Waals surface area contributed by atoms with Gasteiger partial charge in [0.05, 0.1) is 12.4 Å². The average Bonchev–Trinajstić information content (AvgIpc) is 2.70. The molecule has 0 bridgehead atoms. The molecule has 3 nitrogen and oxygen atoms in total. The van der Waals surface area contributed by atoms with Gasteiger partial charge >= 0.3 is 0 Å². The van der Waals surface area contributed by atoms with Crippen LogP contribution in [0.3, 0.4) is 0 Å². The SMILES string of the molecule is CCC(C)CS(=O)CC(=O)C1CCOC1. The Bertz CT molecular complexity index is 234. The predicted molar refractivity (Wildman–Crippen MR) is 61.3 cm³/mol. The second kappa shape index (κ2) is 6.38. The molecule has 3 unspecified atom stereocenters. The average molecular weight is 232 g/mol. The van der Waals surface area contributed by atoms with Crippen molar-refractivity contribution < 1.29 is 13.7 Å². The number of Topliss-reactive ketones (excluding diaryl/α,β-unsaturated/α-hetero) is 1. The molecule has 0 aromatic carbocycles. The molecule has 88 valence electrons. The van der Waals surface area contributed by atoms with Crippen LogP contribution in [0.5, 0.6) is 0 Å². The molecular weight excluding hydrogens is 212 g/mol. The summed E-state index contributed by atoms with van der Waals surface area (Å²) in [5.41, 5.74) is 0. The number of rotatable bonds is 6. The number of ketones is 1. The lowest BCUT2D eigenvalue weighted by Crippen LogP contribution is -2.23. The third-order valence-corrected chi connectivity index (χ3v) is 4.40. The van der Waals surface area contributed by atoms with Crippen molar-refractivity contribution in [2.45, 2.75) is 26.7 Å². The largest absolute Gasteiger partial charge is 0.381 e. The molecular formula is C11H20O3S. The van der Waals surface area contributed by atoms with Gasteiger partial charge in [0.15, 0.2) is 5.78 Å². The lowest BCUT2D eigenvalue weighted by Gasteiger charge is -2.09. The van der Waals surface area contributed by atoms with Crippen LogP contribution in [0.25, 0.3) is 0 Å². The minimum Gasteiger partial charge on any atom is -0.381 e. The van der Waals surface area contributed by atoms with Crippen LogP contribution in [-0.2, 0) is 20.3 Å². The Balaban J connectivity index is 2.27. The maximum atomic E-state index is 11.7. The van der Waals surface area contributed by atoms with Gasteiger partial charge in [-0.05, 0) is 12.3 Å². The summed E-state index contributed by atoms with van der Waals surface area (Å²) in [5, 5.41) is 0. The monoisotopic (exact) mass is 232 g/mol. The van der Waals surface area contributed by atoms with Gasteiger partial charge in [-0.2, -0.15) is 0 Å². The molecule has 1 heterocycles. The van der Waals surface area contributed by atoms with E-state index in [4.69, 9.17) is 4.74 Å². The first-order chi connectivity index (χ1) is 7.13. The summed E-state index contributed by atoms with van der Waals surface area (Å²) in [6.07, 6.45) is 1.83. The van der Waals surface area contributed by atoms with E-state index in [1.807, 2.05) is 0 Å². The lowest BCUT2D eigenvalue weighted by molar-refractivity contribution is -0.120. The van der Waals surface area contributed by atoms with E-state index >= 15 is 0 Å². The lowest BCUT2D eigenvalue weighted by atomic mass is 10.1. The van der Waals surface area contributed by atoms with E-state index in [2.05, 4.69) is 13.8 Å². The molecule has 0 N–H and O–H groups in total. The molecule has 1 fully saturated rings. The molecule has 1 aliphatic rings. The van der Waals surface area contributed by atoms with Crippen LogP contribution in [0.15, 0.2) is 0 Å². The van der Waals surface area contributed by atoms with Crippen molar-refractivity contribution in [3.05, 3.63) is 0 Å². The van der Waals surface area contributed by atoms with Gasteiger partial charge < -0.3 is 4.74 Å². The minimum absolute atomic E-state index is 0.00545. The van der Waals surface area contributed by atoms with Gasteiger partial charge in [0.1, 0.15) is 0 Å². The highest BCUT2D eigenvalue weighted by molar-refractivity contribution is 7.85. The molecule has 3 atom stereocenters. The molecule has 0 saturated carbocycles. The number of carbonyl (C=O) groups is 1. The van der Waals surface area contributed by atoms with Crippen LogP contribution in [-0.4, -0.2) is 34.7 Å². The van der Waals surface area contributed by atoms with Crippen LogP contribution in [0.1, 0.15) is 26.7 Å². The van der Waals surface area contributed by atoms with Gasteiger partial charge in [0.25, 0.3) is 0 Å². The molecule has 1 rings (SSSR count). The Morgan fingerprint density at radius 3 is 2.87 bits per heavy atom. The molecule has 0 aromatic heterocycles. The fourth-order valence-electron chi connectivity index (χ4n) is 1.56. The number of hydrogen-bond acceptors (Lipinski definition) is 3. The zero-order valence-electron chi connectivity index (χ0n) is 9.53. The third-order valence-electron chi connectivity index (χ3n) is 2.86. The van der Waals surface area contributed by atoms with E-state index in [9.17, 15) is 9.00 Å². The zero-order chi connectivity index (χ0) is 11.3. The van der Waals surface area contributed by atoms with Gasteiger partial charge in [0.2, 0.25) is 0 Å². The Hall–Kier alpha value is -0.220. The fraction of sp³-hybridized carbons (Fsp3) is 0.909. The Labute approximate surface area is 94.0 Å². The Kier molecular flexibility index (Phi) is 5.47. The molecule has 1 aliphatic heterocycles. The summed E-state index contributed by atoms with van der Waals surface area (Å²) in [6, 6.07) is 0. The van der Waals surface area contributed by atoms with Gasteiger partial charge in [-0.25, -0.2) is 0 Å². The van der Waals surface area contributed by atoms with Crippen LogP contribution < -0.4 is 0 Å². The molecule has 0 aromatic rings. The van der Waals surface area contributed by atoms with Crippen molar-refractivity contribution in [1.82, 2.24) is 0 Å². The molecule has 0 amide bonds. The van der Waals surface area contributed by atoms with Gasteiger partial charge in [-0.15, -0.1) is 0 Å². The second-order valence-electron chi connectivity index (χ2n) is 4.29. The summed E-state index contributed by atoms with van der Waals surface area (Å²) in [5.74, 6) is 1.44. The van der Waals surface area contributed by atoms with E-state index in [0.29, 0.717) is 24.9 Å². The molecule has 0 spiro atoms. The van der Waals surface area contributed by atoms with Crippen LogP contribution in [0.4, 0.5) is 0 Å². The second-order valence-corrected chi connectivity index (χ2v) is 5.79. The molecule has 0 aliphatic carbocycles. The van der Waals surface area contributed by atoms with E-state index in [0.717, 1.165) is 12.8 Å². The summed E-state index contributed by atoms with van der Waals surface area (Å²) >= 11 is 0. The summed E-state index contributed by atoms with van der Waals surface area (Å²) in [4.78, 5) is 11.7. The molecule has 1 saturated heterocycles. The highest BCUT2D eigenvalue weighted by Crippen LogP contribution is 2.14. The van der Waals surface area contributed by atoms with E-state index < -0.39 is 10.8 Å². The van der Waals surface area contributed by atoms with Gasteiger partial charge in [-0.3, -0.25) is 9.00 Å². The highest BCUT2D eigenvalue weighted by Gasteiger charge is 2.24. The zero-order valence-corrected chi connectivity index (χ0v) is 10.3. The Morgan fingerprint density at radius 1 is 1.60 bits per heavy atom. The normalized spacial score (nSPS) is 25.1. The van der Waals surface area contributed by atoms with Crippen molar-refractivity contribution in [3.8, 4) is 0 Å². The van der Waals surface area contributed by atoms with Gasteiger partial charge in [-0.1, -0.05) is 20.3 Å². The van der Waals surface area contributed by atoms with Crippen LogP contribution in [0.2, 0.25) is 0 Å². The smallest absolute Gasteiger partial charge is 0.150 e. The molecule has 0 radical (unpaired) electrons.